The molecule has 1 atom stereocenters. The van der Waals surface area contributed by atoms with Gasteiger partial charge in [0.15, 0.2) is 0 Å². The zero-order valence-electron chi connectivity index (χ0n) is 17.3. The first-order valence-corrected chi connectivity index (χ1v) is 10.5. The van der Waals surface area contributed by atoms with E-state index in [9.17, 15) is 9.59 Å². The van der Waals surface area contributed by atoms with Crippen molar-refractivity contribution in [3.63, 3.8) is 0 Å². The van der Waals surface area contributed by atoms with Crippen molar-refractivity contribution in [2.75, 3.05) is 20.2 Å². The molecular formula is C24H27N3O3. The molecule has 0 bridgehead atoms. The van der Waals surface area contributed by atoms with Crippen LogP contribution in [0.5, 0.6) is 5.75 Å². The Balaban J connectivity index is 1.52. The number of methoxy groups -OCH3 is 1. The summed E-state index contributed by atoms with van der Waals surface area (Å²) in [7, 11) is 1.63. The topological polar surface area (TPSA) is 62.2 Å². The molecule has 2 aromatic carbocycles. The van der Waals surface area contributed by atoms with Crippen LogP contribution in [0.4, 0.5) is 0 Å². The van der Waals surface area contributed by atoms with Crippen LogP contribution in [0.25, 0.3) is 0 Å². The Kier molecular flexibility index (Phi) is 6.12. The van der Waals surface area contributed by atoms with Gasteiger partial charge < -0.3 is 9.64 Å². The first kappa shape index (κ1) is 20.1. The van der Waals surface area contributed by atoms with E-state index < -0.39 is 0 Å². The molecule has 0 spiro atoms. The van der Waals surface area contributed by atoms with Crippen molar-refractivity contribution in [1.29, 1.82) is 0 Å². The molecule has 0 N–H and O–H groups in total. The van der Waals surface area contributed by atoms with Gasteiger partial charge in [-0.05, 0) is 36.1 Å². The lowest BCUT2D eigenvalue weighted by atomic mass is 9.98. The summed E-state index contributed by atoms with van der Waals surface area (Å²) in [5, 5.41) is 6.25. The molecule has 1 saturated heterocycles. The summed E-state index contributed by atoms with van der Waals surface area (Å²) in [5.41, 5.74) is 2.90. The quantitative estimate of drug-likeness (QED) is 0.735. The van der Waals surface area contributed by atoms with E-state index in [4.69, 9.17) is 4.74 Å². The highest BCUT2D eigenvalue weighted by atomic mass is 16.5. The average molecular weight is 405 g/mol. The van der Waals surface area contributed by atoms with Gasteiger partial charge >= 0.3 is 0 Å². The van der Waals surface area contributed by atoms with Gasteiger partial charge in [0.05, 0.1) is 18.9 Å². The highest BCUT2D eigenvalue weighted by Crippen LogP contribution is 2.34. The Labute approximate surface area is 177 Å². The fourth-order valence-corrected chi connectivity index (χ4v) is 4.08. The van der Waals surface area contributed by atoms with Crippen molar-refractivity contribution < 1.29 is 14.3 Å². The number of carbonyl (C=O) groups is 2. The lowest BCUT2D eigenvalue weighted by Crippen LogP contribution is -2.31. The molecule has 6 heteroatoms. The summed E-state index contributed by atoms with van der Waals surface area (Å²) < 4.78 is 5.26. The normalized spacial score (nSPS) is 18.4. The zero-order valence-corrected chi connectivity index (χ0v) is 17.3. The van der Waals surface area contributed by atoms with E-state index in [0.29, 0.717) is 6.42 Å². The lowest BCUT2D eigenvalue weighted by molar-refractivity contribution is -0.137. The number of benzene rings is 2. The molecule has 0 aromatic heterocycles. The summed E-state index contributed by atoms with van der Waals surface area (Å²) in [6.45, 7) is 1.61. The van der Waals surface area contributed by atoms with Gasteiger partial charge in [-0.2, -0.15) is 5.10 Å². The zero-order chi connectivity index (χ0) is 20.9. The van der Waals surface area contributed by atoms with Crippen LogP contribution in [0.1, 0.15) is 49.3 Å². The van der Waals surface area contributed by atoms with Crippen molar-refractivity contribution in [3.05, 3.63) is 65.7 Å². The Morgan fingerprint density at radius 3 is 2.30 bits per heavy atom. The Morgan fingerprint density at radius 1 is 0.967 bits per heavy atom. The fraction of sp³-hybridized carbons (Fsp3) is 0.375. The summed E-state index contributed by atoms with van der Waals surface area (Å²) in [5.74, 6) is 0.720. The average Bonchev–Trinajstić information content (AvgIpc) is 3.48. The molecule has 2 aliphatic heterocycles. The van der Waals surface area contributed by atoms with Crippen molar-refractivity contribution >= 4 is 17.5 Å². The highest BCUT2D eigenvalue weighted by molar-refractivity contribution is 6.03. The van der Waals surface area contributed by atoms with Gasteiger partial charge in [-0.1, -0.05) is 42.5 Å². The molecule has 1 unspecified atom stereocenters. The predicted molar refractivity (Wildman–Crippen MR) is 115 cm³/mol. The highest BCUT2D eigenvalue weighted by Gasteiger charge is 2.33. The number of hydrogen-bond donors (Lipinski definition) is 0. The number of nitrogens with zero attached hydrogens (tertiary/aromatic N) is 3. The Morgan fingerprint density at radius 2 is 1.63 bits per heavy atom. The van der Waals surface area contributed by atoms with Gasteiger partial charge in [0.2, 0.25) is 11.8 Å². The maximum absolute atomic E-state index is 13.1. The Bertz CT molecular complexity index is 918. The van der Waals surface area contributed by atoms with E-state index in [1.54, 1.807) is 12.1 Å². The van der Waals surface area contributed by atoms with Gasteiger partial charge in [-0.25, -0.2) is 5.01 Å². The largest absolute Gasteiger partial charge is 0.497 e. The third kappa shape index (κ3) is 4.37. The molecule has 2 heterocycles. The van der Waals surface area contributed by atoms with Crippen molar-refractivity contribution in [1.82, 2.24) is 9.91 Å². The minimum absolute atomic E-state index is 0.0632. The maximum Gasteiger partial charge on any atom is 0.243 e. The summed E-state index contributed by atoms with van der Waals surface area (Å²) in [4.78, 5) is 27.3. The lowest BCUT2D eigenvalue weighted by Gasteiger charge is -2.23. The van der Waals surface area contributed by atoms with E-state index in [0.717, 1.165) is 48.5 Å². The van der Waals surface area contributed by atoms with Crippen molar-refractivity contribution in [2.24, 2.45) is 5.10 Å². The van der Waals surface area contributed by atoms with E-state index in [1.165, 1.54) is 0 Å². The second-order valence-electron chi connectivity index (χ2n) is 7.73. The maximum atomic E-state index is 13.1. The predicted octanol–water partition coefficient (Wildman–Crippen LogP) is 3.78. The Hall–Kier alpha value is -3.15. The number of rotatable bonds is 6. The summed E-state index contributed by atoms with van der Waals surface area (Å²) in [6, 6.07) is 17.5. The molecule has 156 valence electrons. The summed E-state index contributed by atoms with van der Waals surface area (Å²) >= 11 is 0. The van der Waals surface area contributed by atoms with Crippen LogP contribution in [0.3, 0.4) is 0 Å². The molecule has 2 aliphatic rings. The van der Waals surface area contributed by atoms with E-state index in [1.807, 2.05) is 59.5 Å². The van der Waals surface area contributed by atoms with Gasteiger partial charge in [0, 0.05) is 32.4 Å². The second-order valence-corrected chi connectivity index (χ2v) is 7.73. The van der Waals surface area contributed by atoms with Crippen molar-refractivity contribution in [3.8, 4) is 5.75 Å². The second kappa shape index (κ2) is 9.11. The van der Waals surface area contributed by atoms with E-state index >= 15 is 0 Å². The van der Waals surface area contributed by atoms with Crippen LogP contribution in [-0.4, -0.2) is 47.6 Å². The van der Waals surface area contributed by atoms with E-state index in [2.05, 4.69) is 5.10 Å². The molecule has 30 heavy (non-hydrogen) atoms. The van der Waals surface area contributed by atoms with Gasteiger partial charge in [0.25, 0.3) is 0 Å². The molecule has 2 aromatic rings. The number of amides is 2. The van der Waals surface area contributed by atoms with Crippen LogP contribution < -0.4 is 4.74 Å². The molecule has 1 fully saturated rings. The van der Waals surface area contributed by atoms with Crippen molar-refractivity contribution in [2.45, 2.75) is 38.1 Å². The monoisotopic (exact) mass is 405 g/mol. The molecule has 2 amide bonds. The van der Waals surface area contributed by atoms with Gasteiger partial charge in [0.1, 0.15) is 5.75 Å². The number of likely N-dealkylation sites (tertiary alicyclic amines) is 1. The third-order valence-corrected chi connectivity index (χ3v) is 5.78. The van der Waals surface area contributed by atoms with Crippen LogP contribution in [0.15, 0.2) is 59.7 Å². The van der Waals surface area contributed by atoms with Crippen LogP contribution in [-0.2, 0) is 9.59 Å². The smallest absolute Gasteiger partial charge is 0.243 e. The van der Waals surface area contributed by atoms with Crippen LogP contribution in [0.2, 0.25) is 0 Å². The van der Waals surface area contributed by atoms with Gasteiger partial charge in [-0.15, -0.1) is 0 Å². The minimum atomic E-state index is -0.180. The van der Waals surface area contributed by atoms with Gasteiger partial charge in [-0.3, -0.25) is 9.59 Å². The van der Waals surface area contributed by atoms with Crippen LogP contribution >= 0.6 is 0 Å². The van der Waals surface area contributed by atoms with Crippen LogP contribution in [0, 0.1) is 0 Å². The number of hydrogen-bond acceptors (Lipinski definition) is 4. The number of ether oxygens (including phenoxy) is 1. The molecule has 4 rings (SSSR count). The first-order valence-electron chi connectivity index (χ1n) is 10.5. The number of carbonyl (C=O) groups excluding carboxylic acids is 2. The minimum Gasteiger partial charge on any atom is -0.497 e. The number of hydrazone groups is 1. The molecular weight excluding hydrogens is 378 g/mol. The SMILES string of the molecule is COc1ccc(C2CC(c3ccccc3)=NN2C(=O)CCC(=O)N2CCCC2)cc1. The molecule has 0 radical (unpaired) electrons. The molecule has 6 nitrogen and oxygen atoms in total. The molecule has 0 aliphatic carbocycles. The summed E-state index contributed by atoms with van der Waals surface area (Å²) in [6.07, 6.45) is 3.16. The van der Waals surface area contributed by atoms with E-state index in [-0.39, 0.29) is 30.7 Å². The standard InChI is InChI=1S/C24H27N3O3/c1-30-20-11-9-19(10-12-20)22-17-21(18-7-3-2-4-8-18)25-27(22)24(29)14-13-23(28)26-15-5-6-16-26/h2-4,7-12,22H,5-6,13-17H2,1H3. The fourth-order valence-electron chi connectivity index (χ4n) is 4.08. The molecule has 0 saturated carbocycles. The first-order chi connectivity index (χ1) is 14.7. The third-order valence-electron chi connectivity index (χ3n) is 5.78.